The molecule has 0 saturated heterocycles. The lowest BCUT2D eigenvalue weighted by molar-refractivity contribution is 0.550. The molecule has 0 aliphatic carbocycles. The second kappa shape index (κ2) is 5.69. The fourth-order valence-corrected chi connectivity index (χ4v) is 2.48. The molecule has 0 radical (unpaired) electrons. The third-order valence-electron chi connectivity index (χ3n) is 1.85. The zero-order valence-corrected chi connectivity index (χ0v) is 10.6. The van der Waals surface area contributed by atoms with Crippen molar-refractivity contribution in [3.05, 3.63) is 10.3 Å². The maximum absolute atomic E-state index is 5.49. The molecule has 3 N–H and O–H groups in total. The van der Waals surface area contributed by atoms with E-state index in [1.54, 1.807) is 4.68 Å². The molecule has 0 aliphatic heterocycles. The summed E-state index contributed by atoms with van der Waals surface area (Å²) in [6, 6.07) is 0.0781. The Morgan fingerprint density at radius 2 is 2.43 bits per heavy atom. The zero-order valence-electron chi connectivity index (χ0n) is 8.20. The van der Waals surface area contributed by atoms with Gasteiger partial charge in [0.1, 0.15) is 0 Å². The smallest absolute Gasteiger partial charge is 0.153 e. The van der Waals surface area contributed by atoms with E-state index in [9.17, 15) is 0 Å². The van der Waals surface area contributed by atoms with Gasteiger partial charge in [-0.25, -0.2) is 4.68 Å². The standard InChI is InChI=1S/C7H14BrN5S/c1-3-14-4-5(10-9)6-7(8)11-12-13(6)2/h5,10H,3-4,9H2,1-2H3. The van der Waals surface area contributed by atoms with E-state index < -0.39 is 0 Å². The van der Waals surface area contributed by atoms with Crippen LogP contribution in [0, 0.1) is 0 Å². The summed E-state index contributed by atoms with van der Waals surface area (Å²) in [5.74, 6) is 7.47. The molecular formula is C7H14BrN5S. The number of halogens is 1. The van der Waals surface area contributed by atoms with Gasteiger partial charge in [0.15, 0.2) is 4.60 Å². The van der Waals surface area contributed by atoms with Gasteiger partial charge >= 0.3 is 0 Å². The number of hydrogen-bond donors (Lipinski definition) is 2. The summed E-state index contributed by atoms with van der Waals surface area (Å²) in [6.07, 6.45) is 0. The molecule has 7 heteroatoms. The molecule has 0 amide bonds. The van der Waals surface area contributed by atoms with Crippen molar-refractivity contribution in [2.45, 2.75) is 13.0 Å². The number of rotatable bonds is 5. The normalized spacial score (nSPS) is 13.1. The van der Waals surface area contributed by atoms with Crippen molar-refractivity contribution in [3.63, 3.8) is 0 Å². The maximum Gasteiger partial charge on any atom is 0.153 e. The Hall–Kier alpha value is -0.110. The summed E-state index contributed by atoms with van der Waals surface area (Å²) in [6.45, 7) is 2.12. The number of aromatic nitrogens is 3. The summed E-state index contributed by atoms with van der Waals surface area (Å²) < 4.78 is 2.48. The van der Waals surface area contributed by atoms with Gasteiger partial charge in [-0.3, -0.25) is 11.3 Å². The van der Waals surface area contributed by atoms with Crippen LogP contribution in [-0.4, -0.2) is 26.5 Å². The summed E-state index contributed by atoms with van der Waals surface area (Å²) in [5, 5.41) is 7.83. The summed E-state index contributed by atoms with van der Waals surface area (Å²) >= 11 is 5.18. The van der Waals surface area contributed by atoms with E-state index in [4.69, 9.17) is 5.84 Å². The van der Waals surface area contributed by atoms with Gasteiger partial charge in [0, 0.05) is 12.8 Å². The minimum absolute atomic E-state index is 0.0781. The van der Waals surface area contributed by atoms with Crippen LogP contribution in [0.2, 0.25) is 0 Å². The van der Waals surface area contributed by atoms with E-state index in [-0.39, 0.29) is 6.04 Å². The van der Waals surface area contributed by atoms with Crippen LogP contribution >= 0.6 is 27.7 Å². The fourth-order valence-electron chi connectivity index (χ4n) is 1.15. The quantitative estimate of drug-likeness (QED) is 0.618. The number of hydrazine groups is 1. The Morgan fingerprint density at radius 1 is 1.71 bits per heavy atom. The third-order valence-corrected chi connectivity index (χ3v) is 3.39. The molecule has 0 bridgehead atoms. The first-order chi connectivity index (χ1) is 6.70. The van der Waals surface area contributed by atoms with Gasteiger partial charge in [-0.05, 0) is 21.7 Å². The Balaban J connectivity index is 2.77. The topological polar surface area (TPSA) is 68.8 Å². The molecule has 0 aromatic carbocycles. The zero-order chi connectivity index (χ0) is 10.6. The molecule has 1 atom stereocenters. The Bertz CT molecular complexity index is 270. The minimum Gasteiger partial charge on any atom is -0.271 e. The molecule has 1 aromatic heterocycles. The van der Waals surface area contributed by atoms with Crippen LogP contribution in [0.25, 0.3) is 0 Å². The average molecular weight is 280 g/mol. The number of aryl methyl sites for hydroxylation is 1. The van der Waals surface area contributed by atoms with Crippen molar-refractivity contribution < 1.29 is 0 Å². The number of nitrogens with two attached hydrogens (primary N) is 1. The molecule has 0 spiro atoms. The lowest BCUT2D eigenvalue weighted by Crippen LogP contribution is -2.31. The lowest BCUT2D eigenvalue weighted by Gasteiger charge is -2.14. The molecule has 5 nitrogen and oxygen atoms in total. The SMILES string of the molecule is CCSCC(NN)c1c(Br)nnn1C. The summed E-state index contributed by atoms with van der Waals surface area (Å²) in [5.41, 5.74) is 3.75. The molecule has 0 fully saturated rings. The Kier molecular flexibility index (Phi) is 4.86. The van der Waals surface area contributed by atoms with Gasteiger partial charge in [-0.15, -0.1) is 5.10 Å². The molecule has 1 rings (SSSR count). The van der Waals surface area contributed by atoms with Gasteiger partial charge in [-0.2, -0.15) is 11.8 Å². The van der Waals surface area contributed by atoms with Crippen molar-refractivity contribution >= 4 is 27.7 Å². The van der Waals surface area contributed by atoms with Crippen LogP contribution in [0.1, 0.15) is 18.7 Å². The van der Waals surface area contributed by atoms with Gasteiger partial charge < -0.3 is 0 Å². The number of hydrogen-bond acceptors (Lipinski definition) is 5. The van der Waals surface area contributed by atoms with Crippen LogP contribution in [0.4, 0.5) is 0 Å². The Morgan fingerprint density at radius 3 is 2.86 bits per heavy atom. The average Bonchev–Trinajstić information content (AvgIpc) is 2.50. The molecule has 1 heterocycles. The van der Waals surface area contributed by atoms with Crippen LogP contribution < -0.4 is 11.3 Å². The Labute approximate surface area is 95.9 Å². The van der Waals surface area contributed by atoms with E-state index in [2.05, 4.69) is 38.6 Å². The predicted molar refractivity (Wildman–Crippen MR) is 61.8 cm³/mol. The highest BCUT2D eigenvalue weighted by Gasteiger charge is 2.18. The largest absolute Gasteiger partial charge is 0.271 e. The molecule has 14 heavy (non-hydrogen) atoms. The summed E-state index contributed by atoms with van der Waals surface area (Å²) in [4.78, 5) is 0. The first kappa shape index (κ1) is 12.0. The van der Waals surface area contributed by atoms with Gasteiger partial charge in [0.05, 0.1) is 11.7 Å². The first-order valence-corrected chi connectivity index (χ1v) is 6.24. The second-order valence-electron chi connectivity index (χ2n) is 2.77. The van der Waals surface area contributed by atoms with E-state index in [0.29, 0.717) is 0 Å². The minimum atomic E-state index is 0.0781. The molecule has 0 saturated carbocycles. The van der Waals surface area contributed by atoms with E-state index in [1.165, 1.54) is 0 Å². The van der Waals surface area contributed by atoms with Crippen molar-refractivity contribution in [3.8, 4) is 0 Å². The van der Waals surface area contributed by atoms with Crippen molar-refractivity contribution in [1.82, 2.24) is 20.4 Å². The molecule has 80 valence electrons. The predicted octanol–water partition coefficient (Wildman–Crippen LogP) is 0.835. The molecular weight excluding hydrogens is 266 g/mol. The van der Waals surface area contributed by atoms with Crippen LogP contribution in [0.15, 0.2) is 4.60 Å². The highest BCUT2D eigenvalue weighted by molar-refractivity contribution is 9.10. The highest BCUT2D eigenvalue weighted by atomic mass is 79.9. The van der Waals surface area contributed by atoms with Gasteiger partial charge in [-0.1, -0.05) is 12.1 Å². The van der Waals surface area contributed by atoms with Crippen LogP contribution in [0.3, 0.4) is 0 Å². The molecule has 0 aliphatic rings. The molecule has 1 unspecified atom stereocenters. The van der Waals surface area contributed by atoms with E-state index in [1.807, 2.05) is 18.8 Å². The van der Waals surface area contributed by atoms with Crippen LogP contribution in [-0.2, 0) is 7.05 Å². The lowest BCUT2D eigenvalue weighted by atomic mass is 10.3. The van der Waals surface area contributed by atoms with Gasteiger partial charge in [0.2, 0.25) is 0 Å². The van der Waals surface area contributed by atoms with Crippen LogP contribution in [0.5, 0.6) is 0 Å². The van der Waals surface area contributed by atoms with Crippen molar-refractivity contribution in [1.29, 1.82) is 0 Å². The van der Waals surface area contributed by atoms with Crippen molar-refractivity contribution in [2.24, 2.45) is 12.9 Å². The number of nitrogens with zero attached hydrogens (tertiary/aromatic N) is 3. The monoisotopic (exact) mass is 279 g/mol. The maximum atomic E-state index is 5.49. The first-order valence-electron chi connectivity index (χ1n) is 4.29. The fraction of sp³-hybridized carbons (Fsp3) is 0.714. The van der Waals surface area contributed by atoms with E-state index >= 15 is 0 Å². The number of nitrogens with one attached hydrogen (secondary N) is 1. The summed E-state index contributed by atoms with van der Waals surface area (Å²) in [7, 11) is 1.86. The van der Waals surface area contributed by atoms with Crippen molar-refractivity contribution in [2.75, 3.05) is 11.5 Å². The number of thioether (sulfide) groups is 1. The van der Waals surface area contributed by atoms with E-state index in [0.717, 1.165) is 21.8 Å². The third kappa shape index (κ3) is 2.69. The second-order valence-corrected chi connectivity index (χ2v) is 4.84. The molecule has 1 aromatic rings. The highest BCUT2D eigenvalue weighted by Crippen LogP contribution is 2.22. The van der Waals surface area contributed by atoms with Gasteiger partial charge in [0.25, 0.3) is 0 Å².